The molecule has 0 aliphatic carbocycles. The number of anilines is 6. The van der Waals surface area contributed by atoms with Crippen molar-refractivity contribution in [2.24, 2.45) is 7.05 Å². The minimum atomic E-state index is -2.83. The first-order valence-corrected chi connectivity index (χ1v) is 25.8. The standard InChI is InChI=1S/C47H52BrFN13O5P/c1-59-26-29(24-53-59)32-22-38(56-47-52-25-33(48)45(58-47)55-36-8-7-35-43(51-14-13-50-35)44(36)68(3,4)66)40(67-2)23-39(32)61-17-19-62(20-18-61)42(64)27-60-15-11-28(12-16-60)31-6-5-30(21-34(31)49)54-37-9-10-41(63)57-46(37)65/h5-8,13-14,21-26,28,37,54H,9-12,15-20,27H2,1-4H3,(H,57,63,65)(H2,52,55,56,58). The number of nitrogens with one attached hydrogen (secondary N) is 4. The zero-order valence-electron chi connectivity index (χ0n) is 38.1. The molecule has 0 bridgehead atoms. The van der Waals surface area contributed by atoms with Crippen LogP contribution in [0.1, 0.15) is 37.2 Å². The first kappa shape index (κ1) is 46.6. The lowest BCUT2D eigenvalue weighted by atomic mass is 9.89. The third kappa shape index (κ3) is 10.2. The summed E-state index contributed by atoms with van der Waals surface area (Å²) in [6, 6.07) is 12.0. The molecule has 18 nitrogen and oxygen atoms in total. The SMILES string of the molecule is COc1cc(N2CCN(C(=O)CN3CCC(c4ccc(NC5CCC(=O)NC5=O)cc4F)CC3)CC2)c(-c2cnn(C)c2)cc1Nc1ncc(Br)c(Nc2ccc3nccnc3c2P(C)(C)=O)n1. The van der Waals surface area contributed by atoms with Crippen LogP contribution >= 0.6 is 23.1 Å². The quantitative estimate of drug-likeness (QED) is 0.0750. The Morgan fingerprint density at radius 3 is 2.43 bits per heavy atom. The summed E-state index contributed by atoms with van der Waals surface area (Å²) in [7, 11) is 0.649. The molecule has 1 atom stereocenters. The number of fused-ring (bicyclic) bond motifs is 1. The van der Waals surface area contributed by atoms with E-state index in [1.807, 2.05) is 48.6 Å². The number of rotatable bonds is 13. The average Bonchev–Trinajstić information content (AvgIpc) is 3.76. The van der Waals surface area contributed by atoms with E-state index in [1.165, 1.54) is 6.07 Å². The summed E-state index contributed by atoms with van der Waals surface area (Å²) in [4.78, 5) is 62.0. The monoisotopic (exact) mass is 1010 g/mol. The van der Waals surface area contributed by atoms with Crippen molar-refractivity contribution in [3.63, 3.8) is 0 Å². The van der Waals surface area contributed by atoms with Crippen molar-refractivity contribution < 1.29 is 28.1 Å². The zero-order valence-corrected chi connectivity index (χ0v) is 40.6. The minimum absolute atomic E-state index is 0.0174. The Bertz CT molecular complexity index is 2950. The maximum Gasteiger partial charge on any atom is 0.249 e. The number of halogens is 2. The summed E-state index contributed by atoms with van der Waals surface area (Å²) in [6.45, 7) is 7.31. The van der Waals surface area contributed by atoms with Crippen LogP contribution in [0, 0.1) is 5.82 Å². The van der Waals surface area contributed by atoms with Crippen LogP contribution in [0.25, 0.3) is 22.2 Å². The number of nitrogens with zero attached hydrogens (tertiary/aromatic N) is 9. The molecule has 1 unspecified atom stereocenters. The van der Waals surface area contributed by atoms with Crippen LogP contribution in [0.2, 0.25) is 0 Å². The maximum absolute atomic E-state index is 15.4. The Kier molecular flexibility index (Phi) is 13.4. The van der Waals surface area contributed by atoms with Gasteiger partial charge in [0.15, 0.2) is 0 Å². The van der Waals surface area contributed by atoms with E-state index in [-0.39, 0.29) is 35.9 Å². The van der Waals surface area contributed by atoms with Gasteiger partial charge in [-0.1, -0.05) is 6.07 Å². The molecule has 0 radical (unpaired) electrons. The molecule has 21 heteroatoms. The highest BCUT2D eigenvalue weighted by Crippen LogP contribution is 2.43. The third-order valence-electron chi connectivity index (χ3n) is 12.7. The number of aryl methyl sites for hydroxylation is 1. The Hall–Kier alpha value is -6.50. The van der Waals surface area contributed by atoms with Crippen molar-refractivity contribution in [2.75, 3.05) is 87.1 Å². The highest BCUT2D eigenvalue weighted by Gasteiger charge is 2.31. The second kappa shape index (κ2) is 19.6. The number of aromatic nitrogens is 6. The number of carbonyl (C=O) groups is 3. The number of ether oxygens (including phenoxy) is 1. The molecule has 9 rings (SSSR count). The van der Waals surface area contributed by atoms with Gasteiger partial charge in [-0.2, -0.15) is 10.1 Å². The molecule has 3 saturated heterocycles. The Morgan fingerprint density at radius 1 is 0.941 bits per heavy atom. The number of imide groups is 1. The van der Waals surface area contributed by atoms with E-state index in [0.29, 0.717) is 107 Å². The van der Waals surface area contributed by atoms with Crippen LogP contribution < -0.4 is 36.2 Å². The van der Waals surface area contributed by atoms with E-state index in [0.717, 1.165) is 29.7 Å². The number of piperidine rings is 2. The van der Waals surface area contributed by atoms with Crippen LogP contribution in [0.3, 0.4) is 0 Å². The highest BCUT2D eigenvalue weighted by molar-refractivity contribution is 9.10. The van der Waals surface area contributed by atoms with Crippen molar-refractivity contribution in [3.05, 3.63) is 89.3 Å². The lowest BCUT2D eigenvalue weighted by Crippen LogP contribution is -2.52. The van der Waals surface area contributed by atoms with Crippen molar-refractivity contribution in [1.29, 1.82) is 0 Å². The van der Waals surface area contributed by atoms with Gasteiger partial charge in [-0.25, -0.2) is 9.37 Å². The average molecular weight is 1010 g/mol. The highest BCUT2D eigenvalue weighted by atomic mass is 79.9. The lowest BCUT2D eigenvalue weighted by Gasteiger charge is -2.39. The number of likely N-dealkylation sites (tertiary alicyclic amines) is 1. The van der Waals surface area contributed by atoms with Gasteiger partial charge in [-0.15, -0.1) is 0 Å². The molecule has 0 spiro atoms. The molecule has 3 fully saturated rings. The van der Waals surface area contributed by atoms with Crippen LogP contribution in [0.4, 0.5) is 38.9 Å². The number of methoxy groups -OCH3 is 1. The smallest absolute Gasteiger partial charge is 0.249 e. The molecule has 3 aliphatic rings. The fourth-order valence-electron chi connectivity index (χ4n) is 9.19. The summed E-state index contributed by atoms with van der Waals surface area (Å²) in [5.41, 5.74) is 6.28. The first-order valence-electron chi connectivity index (χ1n) is 22.4. The number of carbonyl (C=O) groups excluding carboxylic acids is 3. The molecular weight excluding hydrogens is 956 g/mol. The predicted octanol–water partition coefficient (Wildman–Crippen LogP) is 6.21. The van der Waals surface area contributed by atoms with Gasteiger partial charge in [0.05, 0.1) is 46.5 Å². The van der Waals surface area contributed by atoms with Gasteiger partial charge >= 0.3 is 0 Å². The zero-order chi connectivity index (χ0) is 47.7. The fourth-order valence-corrected chi connectivity index (χ4v) is 10.9. The Labute approximate surface area is 401 Å². The summed E-state index contributed by atoms with van der Waals surface area (Å²) in [5, 5.41) is 17.1. The van der Waals surface area contributed by atoms with E-state index < -0.39 is 19.1 Å². The van der Waals surface area contributed by atoms with E-state index in [2.05, 4.69) is 67.0 Å². The van der Waals surface area contributed by atoms with Crippen LogP contribution in [0.15, 0.2) is 77.9 Å². The Balaban J connectivity index is 0.848. The summed E-state index contributed by atoms with van der Waals surface area (Å²) >= 11 is 3.58. The molecule has 0 saturated carbocycles. The van der Waals surface area contributed by atoms with Crippen LogP contribution in [-0.2, 0) is 26.0 Å². The van der Waals surface area contributed by atoms with Crippen LogP contribution in [-0.4, -0.2) is 130 Å². The number of hydrogen-bond acceptors (Lipinski definition) is 15. The molecule has 3 aliphatic heterocycles. The number of hydrogen-bond donors (Lipinski definition) is 4. The van der Waals surface area contributed by atoms with Crippen molar-refractivity contribution in [3.8, 4) is 16.9 Å². The molecule has 354 valence electrons. The van der Waals surface area contributed by atoms with Gasteiger partial charge in [0.1, 0.15) is 36.1 Å². The van der Waals surface area contributed by atoms with E-state index in [9.17, 15) is 18.9 Å². The second-order valence-electron chi connectivity index (χ2n) is 17.7. The van der Waals surface area contributed by atoms with E-state index in [4.69, 9.17) is 9.72 Å². The van der Waals surface area contributed by atoms with Crippen LogP contribution in [0.5, 0.6) is 5.75 Å². The van der Waals surface area contributed by atoms with Crippen molar-refractivity contribution in [2.45, 2.75) is 37.6 Å². The molecule has 4 N–H and O–H groups in total. The summed E-state index contributed by atoms with van der Waals surface area (Å²) in [6.07, 6.45) is 10.6. The molecule has 3 aromatic carbocycles. The molecular formula is C47H52BrFN13O5P. The van der Waals surface area contributed by atoms with Gasteiger partial charge in [0.25, 0.3) is 0 Å². The van der Waals surface area contributed by atoms with Gasteiger partial charge < -0.3 is 35.1 Å². The largest absolute Gasteiger partial charge is 0.494 e. The van der Waals surface area contributed by atoms with Crippen molar-refractivity contribution >= 4 is 91.6 Å². The fraction of sp³-hybridized carbons (Fsp3) is 0.362. The first-order chi connectivity index (χ1) is 32.7. The van der Waals surface area contributed by atoms with Gasteiger partial charge in [-0.3, -0.25) is 39.3 Å². The number of benzene rings is 3. The normalized spacial score (nSPS) is 17.3. The lowest BCUT2D eigenvalue weighted by molar-refractivity contribution is -0.134. The Morgan fingerprint density at radius 2 is 1.72 bits per heavy atom. The molecule has 3 aromatic heterocycles. The topological polar surface area (TPSA) is 205 Å². The van der Waals surface area contributed by atoms with Gasteiger partial charge in [-0.05, 0) is 103 Å². The van der Waals surface area contributed by atoms with E-state index >= 15 is 4.39 Å². The summed E-state index contributed by atoms with van der Waals surface area (Å²) in [5.74, 6) is 0.343. The maximum atomic E-state index is 15.4. The molecule has 6 aromatic rings. The third-order valence-corrected chi connectivity index (χ3v) is 14.8. The van der Waals surface area contributed by atoms with Gasteiger partial charge in [0.2, 0.25) is 23.7 Å². The predicted molar refractivity (Wildman–Crippen MR) is 264 cm³/mol. The minimum Gasteiger partial charge on any atom is -0.494 e. The molecule has 68 heavy (non-hydrogen) atoms. The molecule has 3 amide bonds. The summed E-state index contributed by atoms with van der Waals surface area (Å²) < 4.78 is 37.3. The second-order valence-corrected chi connectivity index (χ2v) is 21.7. The van der Waals surface area contributed by atoms with E-state index in [1.54, 1.807) is 55.8 Å². The number of piperazine rings is 1. The van der Waals surface area contributed by atoms with Crippen molar-refractivity contribution in [1.82, 2.24) is 44.8 Å². The number of amides is 3. The van der Waals surface area contributed by atoms with Gasteiger partial charge in [0, 0.05) is 93.0 Å². The molecule has 6 heterocycles.